The summed E-state index contributed by atoms with van der Waals surface area (Å²) in [4.78, 5) is 71.6. The summed E-state index contributed by atoms with van der Waals surface area (Å²) in [6.07, 6.45) is 0. The molecule has 0 bridgehead atoms. The van der Waals surface area contributed by atoms with Crippen molar-refractivity contribution < 1.29 is 80.8 Å². The minimum atomic E-state index is -4.64. The third-order valence-electron chi connectivity index (χ3n) is 11.3. The predicted molar refractivity (Wildman–Crippen MR) is 241 cm³/mol. The number of benzene rings is 6. The predicted octanol–water partition coefficient (Wildman–Crippen LogP) is 4.71. The van der Waals surface area contributed by atoms with E-state index < -0.39 is 103 Å². The fourth-order valence-corrected chi connectivity index (χ4v) is 10.4. The van der Waals surface area contributed by atoms with Crippen molar-refractivity contribution in [3.05, 3.63) is 161 Å². The topological polar surface area (TPSA) is 332 Å². The molecule has 356 valence electrons. The van der Waals surface area contributed by atoms with Crippen LogP contribution in [0.5, 0.6) is 34.5 Å². The number of Topliss-reactive ketones (excluding diaryl/α,β-unsaturated/α-hetero) is 3. The molecule has 0 amide bonds. The van der Waals surface area contributed by atoms with Crippen LogP contribution in [0.15, 0.2) is 142 Å². The number of esters is 3. The summed E-state index contributed by atoms with van der Waals surface area (Å²) in [5.74, 6) is -8.03. The quantitative estimate of drug-likeness (QED) is 0.0647. The van der Waals surface area contributed by atoms with Crippen LogP contribution in [0.3, 0.4) is 0 Å². The molecule has 0 aromatic heterocycles. The lowest BCUT2D eigenvalue weighted by atomic mass is 9.71. The van der Waals surface area contributed by atoms with Gasteiger partial charge in [0.05, 0.1) is 16.7 Å². The van der Waals surface area contributed by atoms with Gasteiger partial charge in [0.1, 0.15) is 49.2 Å². The normalized spacial score (nSPS) is 15.6. The summed E-state index contributed by atoms with van der Waals surface area (Å²) in [7, 11) is -13.9. The first-order valence-corrected chi connectivity index (χ1v) is 24.3. The highest BCUT2D eigenvalue weighted by Gasteiger charge is 2.37. The monoisotopic (exact) mass is 1020 g/mol. The maximum absolute atomic E-state index is 13.4. The Morgan fingerprint density at radius 2 is 0.620 bits per heavy atom. The molecule has 0 fully saturated rings. The van der Waals surface area contributed by atoms with Gasteiger partial charge in [-0.05, 0) is 115 Å². The first-order valence-electron chi connectivity index (χ1n) is 20.1. The van der Waals surface area contributed by atoms with Gasteiger partial charge in [-0.1, -0.05) is 36.4 Å². The van der Waals surface area contributed by atoms with E-state index in [1.165, 1.54) is 72.8 Å². The van der Waals surface area contributed by atoms with Crippen LogP contribution in [0.1, 0.15) is 54.7 Å². The molecule has 0 saturated heterocycles. The van der Waals surface area contributed by atoms with Crippen LogP contribution in [-0.4, -0.2) is 77.6 Å². The molecule has 0 unspecified atom stereocenters. The van der Waals surface area contributed by atoms with Crippen LogP contribution in [0.4, 0.5) is 0 Å². The van der Waals surface area contributed by atoms with Crippen LogP contribution < -0.4 is 26.8 Å². The van der Waals surface area contributed by atoms with Crippen LogP contribution >= 0.6 is 0 Å². The maximum atomic E-state index is 13.4. The molecule has 0 spiro atoms. The third-order valence-corrected chi connectivity index (χ3v) is 15.0. The molecule has 3 N–H and O–H groups in total. The van der Waals surface area contributed by atoms with Crippen LogP contribution in [-0.2, 0) is 50.2 Å². The second-order valence-corrected chi connectivity index (χ2v) is 20.2. The molecular formula is C47H27N3O18S3. The highest BCUT2D eigenvalue weighted by atomic mass is 32.2. The highest BCUT2D eigenvalue weighted by Crippen LogP contribution is 2.42. The Balaban J connectivity index is 1.02. The Morgan fingerprint density at radius 3 is 0.859 bits per heavy atom. The average molecular weight is 1020 g/mol. The standard InChI is InChI=1S/C47H27N3O18S3/c1-47(23-2-8-26(9-3-23)66-69(57,58)29-14-17-35-32(20-29)41(51)38(48)44(54)63-35,24-4-10-27(11-5-24)67-70(59,60)30-15-18-36-33(21-30)42(52)39(49)45(55)64-36)25-6-12-28(13-7-25)68-71(61,62)31-16-19-37-34(22-31)43(53)40(50)46(56)65-37/h2-22,48-50H,1H3. The van der Waals surface area contributed by atoms with E-state index in [0.29, 0.717) is 16.7 Å². The Kier molecular flexibility index (Phi) is 11.2. The second-order valence-electron chi connectivity index (χ2n) is 15.6. The lowest BCUT2D eigenvalue weighted by Crippen LogP contribution is -2.33. The molecule has 0 aliphatic carbocycles. The molecule has 6 aromatic rings. The van der Waals surface area contributed by atoms with Crippen LogP contribution in [0.25, 0.3) is 0 Å². The van der Waals surface area contributed by atoms with E-state index >= 15 is 0 Å². The maximum Gasteiger partial charge on any atom is 0.365 e. The summed E-state index contributed by atoms with van der Waals surface area (Å²) in [6.45, 7) is 1.73. The minimum Gasteiger partial charge on any atom is -0.421 e. The Labute approximate surface area is 400 Å². The van der Waals surface area contributed by atoms with Gasteiger partial charge in [-0.3, -0.25) is 30.6 Å². The Bertz CT molecular complexity index is 3420. The van der Waals surface area contributed by atoms with Crippen molar-refractivity contribution in [1.82, 2.24) is 0 Å². The van der Waals surface area contributed by atoms with Crippen molar-refractivity contribution in [2.24, 2.45) is 0 Å². The van der Waals surface area contributed by atoms with E-state index in [0.717, 1.165) is 54.6 Å². The second kappa shape index (κ2) is 16.9. The summed E-state index contributed by atoms with van der Waals surface area (Å²) in [5.41, 5.74) is -3.87. The average Bonchev–Trinajstić information content (AvgIpc) is 3.34. The van der Waals surface area contributed by atoms with E-state index in [4.69, 9.17) is 43.0 Å². The van der Waals surface area contributed by atoms with Gasteiger partial charge in [-0.25, -0.2) is 14.4 Å². The van der Waals surface area contributed by atoms with Gasteiger partial charge >= 0.3 is 48.3 Å². The molecule has 3 heterocycles. The number of nitrogens with one attached hydrogen (secondary N) is 3. The molecule has 6 aromatic carbocycles. The van der Waals surface area contributed by atoms with Crippen molar-refractivity contribution in [3.63, 3.8) is 0 Å². The van der Waals surface area contributed by atoms with Crippen LogP contribution in [0, 0.1) is 16.2 Å². The summed E-state index contributed by atoms with van der Waals surface area (Å²) >= 11 is 0. The molecule has 71 heavy (non-hydrogen) atoms. The number of carbonyl (C=O) groups is 6. The summed E-state index contributed by atoms with van der Waals surface area (Å²) in [6, 6.07) is 26.0. The van der Waals surface area contributed by atoms with Gasteiger partial charge in [0.15, 0.2) is 17.1 Å². The molecular weight excluding hydrogens is 991 g/mol. The first kappa shape index (κ1) is 47.1. The third kappa shape index (κ3) is 8.40. The number of carbonyl (C=O) groups excluding carboxylic acids is 6. The van der Waals surface area contributed by atoms with Crippen LogP contribution in [0.2, 0.25) is 0 Å². The molecule has 24 heteroatoms. The number of hydrogen-bond acceptors (Lipinski definition) is 21. The number of hydrogen-bond donors (Lipinski definition) is 3. The lowest BCUT2D eigenvalue weighted by Gasteiger charge is -2.32. The van der Waals surface area contributed by atoms with E-state index in [1.54, 1.807) is 6.92 Å². The molecule has 3 aliphatic rings. The summed E-state index contributed by atoms with van der Waals surface area (Å²) in [5, 5.41) is 23.0. The van der Waals surface area contributed by atoms with E-state index in [-0.39, 0.29) is 51.2 Å². The van der Waals surface area contributed by atoms with Gasteiger partial charge in [-0.2, -0.15) is 25.3 Å². The fraction of sp³-hybridized carbons (Fsp3) is 0.0426. The molecule has 9 rings (SSSR count). The zero-order valence-corrected chi connectivity index (χ0v) is 38.1. The zero-order chi connectivity index (χ0) is 50.9. The van der Waals surface area contributed by atoms with Crippen molar-refractivity contribution in [1.29, 1.82) is 16.2 Å². The summed E-state index contributed by atoms with van der Waals surface area (Å²) < 4.78 is 111. The number of fused-ring (bicyclic) bond motifs is 3. The van der Waals surface area contributed by atoms with E-state index in [9.17, 15) is 54.0 Å². The van der Waals surface area contributed by atoms with Gasteiger partial charge in [0.2, 0.25) is 17.3 Å². The molecule has 3 aliphatic heterocycles. The molecule has 0 radical (unpaired) electrons. The van der Waals surface area contributed by atoms with Crippen molar-refractivity contribution in [2.45, 2.75) is 27.0 Å². The Morgan fingerprint density at radius 1 is 0.380 bits per heavy atom. The van der Waals surface area contributed by atoms with Crippen molar-refractivity contribution in [2.75, 3.05) is 0 Å². The lowest BCUT2D eigenvalue weighted by molar-refractivity contribution is -0.128. The molecule has 21 nitrogen and oxygen atoms in total. The molecule has 0 atom stereocenters. The number of ether oxygens (including phenoxy) is 3. The zero-order valence-electron chi connectivity index (χ0n) is 35.7. The Hall–Kier alpha value is -9.00. The van der Waals surface area contributed by atoms with Crippen molar-refractivity contribution in [3.8, 4) is 34.5 Å². The smallest absolute Gasteiger partial charge is 0.365 e. The number of ketones is 3. The fourth-order valence-electron chi connectivity index (χ4n) is 7.48. The highest BCUT2D eigenvalue weighted by molar-refractivity contribution is 7.87. The van der Waals surface area contributed by atoms with Gasteiger partial charge in [-0.15, -0.1) is 0 Å². The van der Waals surface area contributed by atoms with Gasteiger partial charge < -0.3 is 26.8 Å². The molecule has 0 saturated carbocycles. The minimum absolute atomic E-state index is 0.194. The van der Waals surface area contributed by atoms with E-state index in [1.807, 2.05) is 0 Å². The number of rotatable bonds is 12. The van der Waals surface area contributed by atoms with Gasteiger partial charge in [0.25, 0.3) is 0 Å². The SMILES string of the molecule is CC(c1ccc(OS(=O)(=O)c2ccc3c(c2)C(=O)C(=N)C(=O)O3)cc1)(c1ccc(OS(=O)(=O)c2ccc3c(c2)C(=O)C(=N)C(=O)O3)cc1)c1ccc(OS(=O)(=O)c2ccc3c(c2)C(=O)C(=N)C(=O)O3)cc1. The van der Waals surface area contributed by atoms with Gasteiger partial charge in [0, 0.05) is 5.41 Å². The van der Waals surface area contributed by atoms with E-state index in [2.05, 4.69) is 0 Å². The largest absolute Gasteiger partial charge is 0.421 e. The van der Waals surface area contributed by atoms with Crippen molar-refractivity contribution >= 4 is 82.7 Å². The first-order chi connectivity index (χ1) is 33.5.